The standard InChI is InChI=1S/C16H14Cl2FN3O3/c17-9-5-10(18)7-12(6-9)21-16(25)22-14-8-11(19)1-2-13(14)15(24)20-3-4-23/h1-2,5-8,23H,3-4H2,(H,20,24)(H2,21,22,25). The largest absolute Gasteiger partial charge is 0.395 e. The lowest BCUT2D eigenvalue weighted by Crippen LogP contribution is -2.28. The molecular weight excluding hydrogens is 372 g/mol. The van der Waals surface area contributed by atoms with Crippen LogP contribution in [0.3, 0.4) is 0 Å². The van der Waals surface area contributed by atoms with Crippen LogP contribution in [-0.2, 0) is 0 Å². The van der Waals surface area contributed by atoms with E-state index in [-0.39, 0.29) is 24.4 Å². The zero-order valence-corrected chi connectivity index (χ0v) is 14.3. The maximum atomic E-state index is 13.5. The van der Waals surface area contributed by atoms with Gasteiger partial charge in [0.05, 0.1) is 17.9 Å². The molecule has 0 fully saturated rings. The van der Waals surface area contributed by atoms with Gasteiger partial charge in [-0.1, -0.05) is 23.2 Å². The van der Waals surface area contributed by atoms with Gasteiger partial charge < -0.3 is 21.1 Å². The molecule has 2 rings (SSSR count). The molecule has 0 bridgehead atoms. The van der Waals surface area contributed by atoms with E-state index < -0.39 is 17.8 Å². The highest BCUT2D eigenvalue weighted by atomic mass is 35.5. The van der Waals surface area contributed by atoms with Crippen molar-refractivity contribution in [1.29, 1.82) is 0 Å². The molecule has 0 heterocycles. The molecule has 4 N–H and O–H groups in total. The Labute approximate surface area is 152 Å². The molecule has 2 aromatic rings. The van der Waals surface area contributed by atoms with Crippen molar-refractivity contribution in [2.24, 2.45) is 0 Å². The first-order valence-electron chi connectivity index (χ1n) is 7.12. The number of amides is 3. The van der Waals surface area contributed by atoms with Crippen LogP contribution in [0.2, 0.25) is 10.0 Å². The van der Waals surface area contributed by atoms with Crippen LogP contribution < -0.4 is 16.0 Å². The number of nitrogens with one attached hydrogen (secondary N) is 3. The number of aliphatic hydroxyl groups excluding tert-OH is 1. The predicted octanol–water partition coefficient (Wildman–Crippen LogP) is 3.50. The second kappa shape index (κ2) is 8.66. The summed E-state index contributed by atoms with van der Waals surface area (Å²) < 4.78 is 13.5. The highest BCUT2D eigenvalue weighted by Crippen LogP contribution is 2.23. The number of urea groups is 1. The van der Waals surface area contributed by atoms with E-state index in [9.17, 15) is 14.0 Å². The summed E-state index contributed by atoms with van der Waals surface area (Å²) in [5, 5.41) is 16.7. The van der Waals surface area contributed by atoms with Gasteiger partial charge in [0.25, 0.3) is 5.91 Å². The lowest BCUT2D eigenvalue weighted by molar-refractivity contribution is 0.0945. The second-order valence-electron chi connectivity index (χ2n) is 4.91. The van der Waals surface area contributed by atoms with Crippen molar-refractivity contribution < 1.29 is 19.1 Å². The molecule has 0 aliphatic heterocycles. The summed E-state index contributed by atoms with van der Waals surface area (Å²) in [7, 11) is 0. The fourth-order valence-electron chi connectivity index (χ4n) is 1.99. The van der Waals surface area contributed by atoms with E-state index in [1.165, 1.54) is 24.3 Å². The number of aliphatic hydroxyl groups is 1. The Kier molecular flexibility index (Phi) is 6.58. The van der Waals surface area contributed by atoms with Gasteiger partial charge in [-0.2, -0.15) is 0 Å². The first-order valence-corrected chi connectivity index (χ1v) is 7.87. The number of carbonyl (C=O) groups is 2. The summed E-state index contributed by atoms with van der Waals surface area (Å²) in [6, 6.07) is 7.09. The van der Waals surface area contributed by atoms with Crippen molar-refractivity contribution in [1.82, 2.24) is 5.32 Å². The summed E-state index contributed by atoms with van der Waals surface area (Å²) in [5.74, 6) is -1.19. The zero-order chi connectivity index (χ0) is 18.4. The molecule has 0 aromatic heterocycles. The van der Waals surface area contributed by atoms with Crippen LogP contribution in [0, 0.1) is 5.82 Å². The maximum absolute atomic E-state index is 13.5. The van der Waals surface area contributed by atoms with Crippen LogP contribution in [0.5, 0.6) is 0 Å². The third kappa shape index (κ3) is 5.60. The molecule has 0 atom stereocenters. The number of rotatable bonds is 5. The van der Waals surface area contributed by atoms with Crippen molar-refractivity contribution in [3.05, 3.63) is 57.8 Å². The number of halogens is 3. The van der Waals surface area contributed by atoms with Gasteiger partial charge in [-0.05, 0) is 36.4 Å². The lowest BCUT2D eigenvalue weighted by Gasteiger charge is -2.12. The molecule has 0 aliphatic carbocycles. The Morgan fingerprint density at radius 2 is 1.72 bits per heavy atom. The number of benzene rings is 2. The minimum atomic E-state index is -0.708. The highest BCUT2D eigenvalue weighted by Gasteiger charge is 2.14. The monoisotopic (exact) mass is 385 g/mol. The van der Waals surface area contributed by atoms with Crippen LogP contribution in [0.25, 0.3) is 0 Å². The molecule has 9 heteroatoms. The van der Waals surface area contributed by atoms with Gasteiger partial charge >= 0.3 is 6.03 Å². The minimum Gasteiger partial charge on any atom is -0.395 e. The number of hydrogen-bond acceptors (Lipinski definition) is 3. The highest BCUT2D eigenvalue weighted by molar-refractivity contribution is 6.35. The van der Waals surface area contributed by atoms with Crippen molar-refractivity contribution in [3.63, 3.8) is 0 Å². The van der Waals surface area contributed by atoms with Crippen LogP contribution in [0.4, 0.5) is 20.6 Å². The van der Waals surface area contributed by atoms with Crippen LogP contribution in [-0.4, -0.2) is 30.2 Å². The van der Waals surface area contributed by atoms with Crippen LogP contribution in [0.1, 0.15) is 10.4 Å². The number of hydrogen-bond donors (Lipinski definition) is 4. The third-order valence-electron chi connectivity index (χ3n) is 2.99. The molecule has 2 aromatic carbocycles. The Hall–Kier alpha value is -2.35. The molecule has 0 unspecified atom stereocenters. The summed E-state index contributed by atoms with van der Waals surface area (Å²) in [5.41, 5.74) is 0.355. The van der Waals surface area contributed by atoms with E-state index in [0.717, 1.165) is 12.1 Å². The smallest absolute Gasteiger partial charge is 0.323 e. The van der Waals surface area contributed by atoms with Crippen LogP contribution in [0.15, 0.2) is 36.4 Å². The van der Waals surface area contributed by atoms with E-state index in [0.29, 0.717) is 15.7 Å². The first-order chi connectivity index (χ1) is 11.9. The van der Waals surface area contributed by atoms with E-state index in [4.69, 9.17) is 28.3 Å². The Morgan fingerprint density at radius 1 is 1.04 bits per heavy atom. The van der Waals surface area contributed by atoms with Gasteiger partial charge in [0.2, 0.25) is 0 Å². The second-order valence-corrected chi connectivity index (χ2v) is 5.78. The maximum Gasteiger partial charge on any atom is 0.323 e. The normalized spacial score (nSPS) is 10.2. The van der Waals surface area contributed by atoms with E-state index >= 15 is 0 Å². The molecule has 0 saturated carbocycles. The average Bonchev–Trinajstić information content (AvgIpc) is 2.51. The van der Waals surface area contributed by atoms with E-state index in [1.54, 1.807) is 0 Å². The predicted molar refractivity (Wildman–Crippen MR) is 94.9 cm³/mol. The van der Waals surface area contributed by atoms with Crippen molar-refractivity contribution in [2.75, 3.05) is 23.8 Å². The van der Waals surface area contributed by atoms with Gasteiger partial charge in [0.1, 0.15) is 5.82 Å². The first kappa shape index (κ1) is 19.0. The molecule has 25 heavy (non-hydrogen) atoms. The molecule has 0 spiro atoms. The molecule has 0 saturated heterocycles. The lowest BCUT2D eigenvalue weighted by atomic mass is 10.1. The van der Waals surface area contributed by atoms with Crippen molar-refractivity contribution >= 4 is 46.5 Å². The minimum absolute atomic E-state index is 0.0268. The zero-order valence-electron chi connectivity index (χ0n) is 12.8. The number of anilines is 2. The summed E-state index contributed by atoms with van der Waals surface area (Å²) >= 11 is 11.7. The quantitative estimate of drug-likeness (QED) is 0.634. The van der Waals surface area contributed by atoms with Gasteiger partial charge in [-0.25, -0.2) is 9.18 Å². The van der Waals surface area contributed by atoms with Gasteiger partial charge in [-0.3, -0.25) is 4.79 Å². The van der Waals surface area contributed by atoms with Crippen molar-refractivity contribution in [3.8, 4) is 0 Å². The molecule has 0 aliphatic rings. The fourth-order valence-corrected chi connectivity index (χ4v) is 2.52. The SMILES string of the molecule is O=C(Nc1cc(Cl)cc(Cl)c1)Nc1cc(F)ccc1C(=O)NCCO. The molecule has 0 radical (unpaired) electrons. The van der Waals surface area contributed by atoms with Crippen LogP contribution >= 0.6 is 23.2 Å². The van der Waals surface area contributed by atoms with Crippen molar-refractivity contribution in [2.45, 2.75) is 0 Å². The van der Waals surface area contributed by atoms with Gasteiger partial charge in [0.15, 0.2) is 0 Å². The van der Waals surface area contributed by atoms with E-state index in [2.05, 4.69) is 16.0 Å². The summed E-state index contributed by atoms with van der Waals surface area (Å²) in [6.45, 7) is -0.214. The summed E-state index contributed by atoms with van der Waals surface area (Å²) in [6.07, 6.45) is 0. The third-order valence-corrected chi connectivity index (χ3v) is 3.43. The summed E-state index contributed by atoms with van der Waals surface area (Å²) in [4.78, 5) is 24.1. The molecule has 3 amide bonds. The van der Waals surface area contributed by atoms with Gasteiger partial charge in [0, 0.05) is 22.3 Å². The Bertz CT molecular complexity index is 782. The number of carbonyl (C=O) groups excluding carboxylic acids is 2. The molecule has 132 valence electrons. The molecular formula is C16H14Cl2FN3O3. The topological polar surface area (TPSA) is 90.5 Å². The molecule has 6 nitrogen and oxygen atoms in total. The van der Waals surface area contributed by atoms with Gasteiger partial charge in [-0.15, -0.1) is 0 Å². The Balaban J connectivity index is 2.16. The Morgan fingerprint density at radius 3 is 2.36 bits per heavy atom. The average molecular weight is 386 g/mol. The fraction of sp³-hybridized carbons (Fsp3) is 0.125. The van der Waals surface area contributed by atoms with E-state index in [1.807, 2.05) is 0 Å².